The number of nitrogens with zero attached hydrogens (tertiary/aromatic N) is 3. The van der Waals surface area contributed by atoms with E-state index in [0.717, 1.165) is 0 Å². The fourth-order valence-electron chi connectivity index (χ4n) is 1.33. The van der Waals surface area contributed by atoms with E-state index >= 15 is 0 Å². The van der Waals surface area contributed by atoms with E-state index in [4.69, 9.17) is 4.74 Å². The molecule has 0 aliphatic carbocycles. The Morgan fingerprint density at radius 3 is 2.95 bits per heavy atom. The number of nitrogens with one attached hydrogen (secondary N) is 1. The molecule has 0 bridgehead atoms. The van der Waals surface area contributed by atoms with Crippen LogP contribution in [0.2, 0.25) is 0 Å². The number of rotatable bonds is 5. The summed E-state index contributed by atoms with van der Waals surface area (Å²) in [7, 11) is 1.74. The number of nitro groups is 1. The van der Waals surface area contributed by atoms with Crippen LogP contribution in [0.1, 0.15) is 5.01 Å². The number of halogens is 1. The molecular formula is C10H9BrN4O3S. The van der Waals surface area contributed by atoms with Gasteiger partial charge in [-0.15, -0.1) is 10.2 Å². The lowest BCUT2D eigenvalue weighted by Crippen LogP contribution is -1.99. The molecule has 9 heteroatoms. The van der Waals surface area contributed by atoms with E-state index in [1.54, 1.807) is 19.2 Å². The van der Waals surface area contributed by atoms with E-state index in [2.05, 4.69) is 31.4 Å². The van der Waals surface area contributed by atoms with Crippen LogP contribution in [-0.2, 0) is 6.61 Å². The Labute approximate surface area is 120 Å². The largest absolute Gasteiger partial charge is 0.479 e. The fourth-order valence-corrected chi connectivity index (χ4v) is 2.41. The number of anilines is 1. The lowest BCUT2D eigenvalue weighted by Gasteiger charge is -2.06. The molecule has 0 spiro atoms. The van der Waals surface area contributed by atoms with Crippen molar-refractivity contribution in [3.63, 3.8) is 0 Å². The number of aromatic nitrogens is 2. The maximum Gasteiger partial charge on any atom is 0.312 e. The molecule has 1 N–H and O–H groups in total. The normalized spacial score (nSPS) is 10.2. The van der Waals surface area contributed by atoms with Gasteiger partial charge in [-0.25, -0.2) is 0 Å². The van der Waals surface area contributed by atoms with E-state index in [0.29, 0.717) is 14.6 Å². The van der Waals surface area contributed by atoms with Crippen molar-refractivity contribution in [1.29, 1.82) is 0 Å². The molecule has 0 amide bonds. The van der Waals surface area contributed by atoms with Gasteiger partial charge in [-0.1, -0.05) is 17.4 Å². The summed E-state index contributed by atoms with van der Waals surface area (Å²) in [4.78, 5) is 10.4. The molecule has 0 saturated heterocycles. The smallest absolute Gasteiger partial charge is 0.312 e. The van der Waals surface area contributed by atoms with E-state index in [-0.39, 0.29) is 18.0 Å². The zero-order valence-electron chi connectivity index (χ0n) is 9.79. The topological polar surface area (TPSA) is 90.2 Å². The molecule has 0 aliphatic rings. The summed E-state index contributed by atoms with van der Waals surface area (Å²) < 4.78 is 5.99. The van der Waals surface area contributed by atoms with Crippen LogP contribution < -0.4 is 10.1 Å². The highest BCUT2D eigenvalue weighted by Crippen LogP contribution is 2.35. The minimum Gasteiger partial charge on any atom is -0.479 e. The van der Waals surface area contributed by atoms with Crippen molar-refractivity contribution in [3.8, 4) is 5.75 Å². The number of nitro benzene ring substituents is 1. The van der Waals surface area contributed by atoms with Gasteiger partial charge in [0.25, 0.3) is 0 Å². The Morgan fingerprint density at radius 1 is 1.53 bits per heavy atom. The molecule has 1 aromatic carbocycles. The predicted molar refractivity (Wildman–Crippen MR) is 74.6 cm³/mol. The van der Waals surface area contributed by atoms with E-state index < -0.39 is 4.92 Å². The zero-order chi connectivity index (χ0) is 13.8. The molecule has 0 atom stereocenters. The number of hydrogen-bond acceptors (Lipinski definition) is 7. The Balaban J connectivity index is 2.17. The summed E-state index contributed by atoms with van der Waals surface area (Å²) in [6.07, 6.45) is 0. The fraction of sp³-hybridized carbons (Fsp3) is 0.200. The molecule has 19 heavy (non-hydrogen) atoms. The first-order valence-electron chi connectivity index (χ1n) is 5.17. The lowest BCUT2D eigenvalue weighted by molar-refractivity contribution is -0.386. The summed E-state index contributed by atoms with van der Waals surface area (Å²) in [5.41, 5.74) is -0.0901. The summed E-state index contributed by atoms with van der Waals surface area (Å²) in [5, 5.41) is 22.8. The number of para-hydroxylation sites is 1. The molecule has 2 aromatic rings. The van der Waals surface area contributed by atoms with Gasteiger partial charge in [0, 0.05) is 13.1 Å². The average Bonchev–Trinajstić information content (AvgIpc) is 2.85. The lowest BCUT2D eigenvalue weighted by atomic mass is 10.3. The monoisotopic (exact) mass is 344 g/mol. The first-order chi connectivity index (χ1) is 9.11. The van der Waals surface area contributed by atoms with Crippen LogP contribution in [0, 0.1) is 10.1 Å². The molecule has 0 radical (unpaired) electrons. The van der Waals surface area contributed by atoms with Crippen LogP contribution in [0.15, 0.2) is 22.7 Å². The Bertz CT molecular complexity index is 604. The number of hydrogen-bond donors (Lipinski definition) is 1. The molecule has 7 nitrogen and oxygen atoms in total. The van der Waals surface area contributed by atoms with Crippen molar-refractivity contribution < 1.29 is 9.66 Å². The second kappa shape index (κ2) is 5.93. The quantitative estimate of drug-likeness (QED) is 0.662. The van der Waals surface area contributed by atoms with Gasteiger partial charge in [-0.05, 0) is 22.0 Å². The van der Waals surface area contributed by atoms with Crippen molar-refractivity contribution in [2.75, 3.05) is 12.4 Å². The molecule has 1 aromatic heterocycles. The minimum atomic E-state index is -0.487. The minimum absolute atomic E-state index is 0.0901. The van der Waals surface area contributed by atoms with Gasteiger partial charge >= 0.3 is 5.69 Å². The van der Waals surface area contributed by atoms with Crippen molar-refractivity contribution >= 4 is 38.1 Å². The second-order valence-corrected chi connectivity index (χ2v) is 5.30. The van der Waals surface area contributed by atoms with Crippen LogP contribution in [-0.4, -0.2) is 22.2 Å². The molecule has 0 aliphatic heterocycles. The van der Waals surface area contributed by atoms with Gasteiger partial charge in [0.05, 0.1) is 9.40 Å². The molecule has 1 heterocycles. The standard InChI is InChI=1S/C10H9BrN4O3S/c1-12-10-14-13-8(19-10)5-18-9-6(11)3-2-4-7(9)15(16)17/h2-4H,5H2,1H3,(H,12,14). The molecule has 0 fully saturated rings. The van der Waals surface area contributed by atoms with Gasteiger partial charge in [-0.3, -0.25) is 10.1 Å². The third kappa shape index (κ3) is 3.18. The highest BCUT2D eigenvalue weighted by molar-refractivity contribution is 9.10. The van der Waals surface area contributed by atoms with Gasteiger partial charge < -0.3 is 10.1 Å². The molecule has 2 rings (SSSR count). The number of benzene rings is 1. The van der Waals surface area contributed by atoms with Gasteiger partial charge in [0.1, 0.15) is 6.61 Å². The maximum atomic E-state index is 10.9. The number of ether oxygens (including phenoxy) is 1. The van der Waals surface area contributed by atoms with E-state index in [1.165, 1.54) is 17.4 Å². The van der Waals surface area contributed by atoms with Crippen molar-refractivity contribution in [3.05, 3.63) is 37.8 Å². The predicted octanol–water partition coefficient (Wildman–Crippen LogP) is 2.83. The van der Waals surface area contributed by atoms with Gasteiger partial charge in [-0.2, -0.15) is 0 Å². The third-order valence-electron chi connectivity index (χ3n) is 2.16. The van der Waals surface area contributed by atoms with Crippen molar-refractivity contribution in [2.45, 2.75) is 6.61 Å². The summed E-state index contributed by atoms with van der Waals surface area (Å²) in [6, 6.07) is 4.65. The molecule has 0 unspecified atom stereocenters. The maximum absolute atomic E-state index is 10.9. The van der Waals surface area contributed by atoms with Crippen LogP contribution in [0.25, 0.3) is 0 Å². The van der Waals surface area contributed by atoms with Crippen LogP contribution in [0.4, 0.5) is 10.8 Å². The van der Waals surface area contributed by atoms with Crippen LogP contribution in [0.3, 0.4) is 0 Å². The highest BCUT2D eigenvalue weighted by atomic mass is 79.9. The highest BCUT2D eigenvalue weighted by Gasteiger charge is 2.18. The van der Waals surface area contributed by atoms with Gasteiger partial charge in [0.2, 0.25) is 10.9 Å². The van der Waals surface area contributed by atoms with Crippen molar-refractivity contribution in [2.24, 2.45) is 0 Å². The first-order valence-corrected chi connectivity index (χ1v) is 6.78. The molecule has 0 saturated carbocycles. The van der Waals surface area contributed by atoms with E-state index in [9.17, 15) is 10.1 Å². The first kappa shape index (κ1) is 13.7. The van der Waals surface area contributed by atoms with E-state index in [1.807, 2.05) is 0 Å². The van der Waals surface area contributed by atoms with Gasteiger partial charge in [0.15, 0.2) is 5.01 Å². The third-order valence-corrected chi connectivity index (χ3v) is 3.70. The summed E-state index contributed by atoms with van der Waals surface area (Å²) in [5.74, 6) is 0.189. The Hall–Kier alpha value is -1.74. The van der Waals surface area contributed by atoms with Crippen LogP contribution in [0.5, 0.6) is 5.75 Å². The summed E-state index contributed by atoms with van der Waals surface area (Å²) >= 11 is 4.56. The second-order valence-electron chi connectivity index (χ2n) is 3.38. The Morgan fingerprint density at radius 2 is 2.32 bits per heavy atom. The Kier molecular flexibility index (Phi) is 4.27. The average molecular weight is 345 g/mol. The van der Waals surface area contributed by atoms with Crippen LogP contribution >= 0.6 is 27.3 Å². The molecular weight excluding hydrogens is 336 g/mol. The summed E-state index contributed by atoms with van der Waals surface area (Å²) in [6.45, 7) is 0.128. The molecule has 100 valence electrons. The SMILES string of the molecule is CNc1nnc(COc2c(Br)cccc2[N+](=O)[O-])s1. The zero-order valence-corrected chi connectivity index (χ0v) is 12.2. The van der Waals surface area contributed by atoms with Crippen molar-refractivity contribution in [1.82, 2.24) is 10.2 Å².